The predicted molar refractivity (Wildman–Crippen MR) is 89.4 cm³/mol. The predicted octanol–water partition coefficient (Wildman–Crippen LogP) is 1.41. The third-order valence-electron chi connectivity index (χ3n) is 4.80. The number of halogens is 2. The Labute approximate surface area is 143 Å². The number of aromatic nitrogens is 3. The number of nitrogens with one attached hydrogen (secondary N) is 2. The van der Waals surface area contributed by atoms with E-state index in [0.717, 1.165) is 19.5 Å². The van der Waals surface area contributed by atoms with Crippen molar-refractivity contribution in [1.82, 2.24) is 25.4 Å². The second-order valence-electron chi connectivity index (χ2n) is 6.22. The first-order chi connectivity index (χ1) is 9.71. The Balaban J connectivity index is 0.00000121. The van der Waals surface area contributed by atoms with E-state index in [1.807, 2.05) is 6.92 Å². The molecule has 2 fully saturated rings. The minimum atomic E-state index is -0.172. The van der Waals surface area contributed by atoms with E-state index in [1.165, 1.54) is 25.6 Å². The van der Waals surface area contributed by atoms with Gasteiger partial charge in [0.05, 0.1) is 12.0 Å². The van der Waals surface area contributed by atoms with Crippen LogP contribution in [0.2, 0.25) is 0 Å². The maximum atomic E-state index is 12.7. The average molecular weight is 350 g/mol. The van der Waals surface area contributed by atoms with Gasteiger partial charge in [-0.25, -0.2) is 4.98 Å². The van der Waals surface area contributed by atoms with Gasteiger partial charge in [0.15, 0.2) is 0 Å². The summed E-state index contributed by atoms with van der Waals surface area (Å²) < 4.78 is 1.76. The number of amides is 1. The molecule has 3 atom stereocenters. The lowest BCUT2D eigenvalue weighted by Crippen LogP contribution is -2.51. The maximum Gasteiger partial charge on any atom is 0.228 e. The van der Waals surface area contributed by atoms with Gasteiger partial charge in [-0.2, -0.15) is 5.10 Å². The van der Waals surface area contributed by atoms with Crippen molar-refractivity contribution in [3.05, 3.63) is 12.7 Å². The summed E-state index contributed by atoms with van der Waals surface area (Å²) in [6, 6.07) is 0.0711. The van der Waals surface area contributed by atoms with Crippen molar-refractivity contribution in [1.29, 1.82) is 0 Å². The fourth-order valence-corrected chi connectivity index (χ4v) is 3.71. The molecule has 1 aromatic rings. The van der Waals surface area contributed by atoms with Gasteiger partial charge in [0.25, 0.3) is 0 Å². The Hall–Kier alpha value is -0.850. The SMILES string of the molecule is CC(Cn1cncn1)NC(=O)[C@@]12CCCC[C@H]1CNC2.Cl.Cl. The molecule has 2 aliphatic rings. The number of fused-ring (bicyclic) bond motifs is 1. The fraction of sp³-hybridized carbons (Fsp3) is 0.786. The lowest BCUT2D eigenvalue weighted by Gasteiger charge is -2.37. The molecule has 8 heteroatoms. The summed E-state index contributed by atoms with van der Waals surface area (Å²) in [7, 11) is 0. The zero-order valence-corrected chi connectivity index (χ0v) is 14.5. The third-order valence-corrected chi connectivity index (χ3v) is 4.80. The summed E-state index contributed by atoms with van der Waals surface area (Å²) in [5.41, 5.74) is -0.172. The molecule has 0 aromatic carbocycles. The van der Waals surface area contributed by atoms with Crippen LogP contribution in [0, 0.1) is 11.3 Å². The van der Waals surface area contributed by atoms with Crippen LogP contribution >= 0.6 is 24.8 Å². The number of rotatable bonds is 4. The van der Waals surface area contributed by atoms with Crippen molar-refractivity contribution < 1.29 is 4.79 Å². The van der Waals surface area contributed by atoms with Crippen molar-refractivity contribution >= 4 is 30.7 Å². The normalized spacial score (nSPS) is 28.0. The van der Waals surface area contributed by atoms with E-state index in [-0.39, 0.29) is 42.2 Å². The smallest absolute Gasteiger partial charge is 0.228 e. The zero-order valence-electron chi connectivity index (χ0n) is 12.8. The number of hydrogen-bond acceptors (Lipinski definition) is 4. The standard InChI is InChI=1S/C14H23N5O.2ClH/c1-11(7-19-10-16-9-17-19)18-13(20)14-5-3-2-4-12(14)6-15-8-14;;/h9-12,15H,2-8H2,1H3,(H,18,20);2*1H/t11?,12-,14+;;/m0../s1. The highest BCUT2D eigenvalue weighted by molar-refractivity contribution is 5.85. The van der Waals surface area contributed by atoms with Gasteiger partial charge in [0, 0.05) is 12.6 Å². The van der Waals surface area contributed by atoms with Crippen LogP contribution in [0.15, 0.2) is 12.7 Å². The summed E-state index contributed by atoms with van der Waals surface area (Å²) >= 11 is 0. The maximum absolute atomic E-state index is 12.7. The second kappa shape index (κ2) is 8.13. The summed E-state index contributed by atoms with van der Waals surface area (Å²) in [6.45, 7) is 4.51. The highest BCUT2D eigenvalue weighted by Gasteiger charge is 2.49. The van der Waals surface area contributed by atoms with Gasteiger partial charge in [-0.05, 0) is 32.2 Å². The average Bonchev–Trinajstić information content (AvgIpc) is 3.07. The fourth-order valence-electron chi connectivity index (χ4n) is 3.71. The van der Waals surface area contributed by atoms with Gasteiger partial charge in [-0.15, -0.1) is 24.8 Å². The quantitative estimate of drug-likeness (QED) is 0.861. The minimum absolute atomic E-state index is 0. The lowest BCUT2D eigenvalue weighted by molar-refractivity contribution is -0.134. The number of nitrogens with zero attached hydrogens (tertiary/aromatic N) is 3. The molecule has 1 saturated heterocycles. The number of carbonyl (C=O) groups is 1. The van der Waals surface area contributed by atoms with Crippen molar-refractivity contribution in [3.8, 4) is 0 Å². The van der Waals surface area contributed by atoms with Crippen LogP contribution in [0.3, 0.4) is 0 Å². The van der Waals surface area contributed by atoms with Gasteiger partial charge in [0.2, 0.25) is 5.91 Å². The van der Waals surface area contributed by atoms with Crippen LogP contribution in [-0.4, -0.2) is 39.8 Å². The molecule has 6 nitrogen and oxygen atoms in total. The number of hydrogen-bond donors (Lipinski definition) is 2. The van der Waals surface area contributed by atoms with Crippen molar-refractivity contribution in [3.63, 3.8) is 0 Å². The monoisotopic (exact) mass is 349 g/mol. The van der Waals surface area contributed by atoms with E-state index >= 15 is 0 Å². The van der Waals surface area contributed by atoms with Crippen LogP contribution in [0.25, 0.3) is 0 Å². The molecule has 0 spiro atoms. The van der Waals surface area contributed by atoms with E-state index in [0.29, 0.717) is 12.5 Å². The molecule has 1 aliphatic heterocycles. The Morgan fingerprint density at radius 2 is 2.32 bits per heavy atom. The van der Waals surface area contributed by atoms with E-state index in [1.54, 1.807) is 11.0 Å². The first kappa shape index (κ1) is 19.2. The molecule has 1 aliphatic carbocycles. The molecule has 126 valence electrons. The van der Waals surface area contributed by atoms with Gasteiger partial charge >= 0.3 is 0 Å². The Morgan fingerprint density at radius 1 is 1.50 bits per heavy atom. The topological polar surface area (TPSA) is 71.8 Å². The van der Waals surface area contributed by atoms with Crippen LogP contribution in [0.5, 0.6) is 0 Å². The van der Waals surface area contributed by atoms with Crippen molar-refractivity contribution in [2.75, 3.05) is 13.1 Å². The molecule has 0 bridgehead atoms. The lowest BCUT2D eigenvalue weighted by atomic mass is 9.67. The van der Waals surface area contributed by atoms with E-state index in [2.05, 4.69) is 20.7 Å². The van der Waals surface area contributed by atoms with Crippen molar-refractivity contribution in [2.45, 2.75) is 45.2 Å². The van der Waals surface area contributed by atoms with E-state index in [4.69, 9.17) is 0 Å². The molecule has 2 heterocycles. The van der Waals surface area contributed by atoms with Gasteiger partial charge in [0.1, 0.15) is 12.7 Å². The van der Waals surface area contributed by atoms with Gasteiger partial charge < -0.3 is 10.6 Å². The summed E-state index contributed by atoms with van der Waals surface area (Å²) in [5, 5.41) is 10.7. The molecule has 0 radical (unpaired) electrons. The second-order valence-corrected chi connectivity index (χ2v) is 6.22. The molecule has 1 unspecified atom stereocenters. The van der Waals surface area contributed by atoms with E-state index in [9.17, 15) is 4.79 Å². The molecule has 2 N–H and O–H groups in total. The van der Waals surface area contributed by atoms with Crippen LogP contribution in [-0.2, 0) is 11.3 Å². The van der Waals surface area contributed by atoms with Crippen LogP contribution in [0.1, 0.15) is 32.6 Å². The number of carbonyl (C=O) groups excluding carboxylic acids is 1. The van der Waals surface area contributed by atoms with Crippen LogP contribution < -0.4 is 10.6 Å². The Kier molecular flexibility index (Phi) is 7.09. The molecule has 3 rings (SSSR count). The molecule has 22 heavy (non-hydrogen) atoms. The first-order valence-corrected chi connectivity index (χ1v) is 7.55. The zero-order chi connectivity index (χ0) is 14.0. The van der Waals surface area contributed by atoms with Crippen molar-refractivity contribution in [2.24, 2.45) is 11.3 Å². The van der Waals surface area contributed by atoms with E-state index < -0.39 is 0 Å². The molecule has 1 amide bonds. The highest BCUT2D eigenvalue weighted by atomic mass is 35.5. The molecule has 1 saturated carbocycles. The summed E-state index contributed by atoms with van der Waals surface area (Å²) in [6.07, 6.45) is 7.83. The van der Waals surface area contributed by atoms with Gasteiger partial charge in [-0.3, -0.25) is 9.48 Å². The highest BCUT2D eigenvalue weighted by Crippen LogP contribution is 2.43. The first-order valence-electron chi connectivity index (χ1n) is 7.55. The summed E-state index contributed by atoms with van der Waals surface area (Å²) in [5.74, 6) is 0.731. The largest absolute Gasteiger partial charge is 0.351 e. The molecule has 1 aromatic heterocycles. The van der Waals surface area contributed by atoms with Gasteiger partial charge in [-0.1, -0.05) is 12.8 Å². The minimum Gasteiger partial charge on any atom is -0.351 e. The summed E-state index contributed by atoms with van der Waals surface area (Å²) in [4.78, 5) is 16.7. The molecular formula is C14H25Cl2N5O. The Morgan fingerprint density at radius 3 is 3.05 bits per heavy atom. The molecular weight excluding hydrogens is 325 g/mol. The Bertz CT molecular complexity index is 470. The van der Waals surface area contributed by atoms with Crippen LogP contribution in [0.4, 0.5) is 0 Å². The third kappa shape index (κ3) is 3.73.